The number of aromatic nitrogens is 1. The van der Waals surface area contributed by atoms with Crippen molar-refractivity contribution in [2.45, 2.75) is 19.9 Å². The van der Waals surface area contributed by atoms with Crippen molar-refractivity contribution in [3.8, 4) is 0 Å². The van der Waals surface area contributed by atoms with Crippen LogP contribution in [0, 0.1) is 10.1 Å². The van der Waals surface area contributed by atoms with Crippen LogP contribution < -0.4 is 14.9 Å². The zero-order valence-electron chi connectivity index (χ0n) is 18.5. The Kier molecular flexibility index (Phi) is 6.65. The highest BCUT2D eigenvalue weighted by Gasteiger charge is 2.33. The van der Waals surface area contributed by atoms with Crippen molar-refractivity contribution in [3.63, 3.8) is 0 Å². The predicted molar refractivity (Wildman–Crippen MR) is 130 cm³/mol. The molecule has 0 fully saturated rings. The van der Waals surface area contributed by atoms with E-state index in [9.17, 15) is 19.7 Å². The van der Waals surface area contributed by atoms with Crippen molar-refractivity contribution in [3.05, 3.63) is 113 Å². The van der Waals surface area contributed by atoms with Crippen LogP contribution in [0.2, 0.25) is 0 Å². The fourth-order valence-corrected chi connectivity index (χ4v) is 4.74. The van der Waals surface area contributed by atoms with Gasteiger partial charge in [0, 0.05) is 12.1 Å². The summed E-state index contributed by atoms with van der Waals surface area (Å²) < 4.78 is 7.07. The first kappa shape index (κ1) is 23.1. The van der Waals surface area contributed by atoms with E-state index < -0.39 is 16.9 Å². The lowest BCUT2D eigenvalue weighted by Crippen LogP contribution is -2.39. The molecular formula is C25H21N3O5S. The highest BCUT2D eigenvalue weighted by atomic mass is 32.1. The number of hydrogen-bond acceptors (Lipinski definition) is 7. The van der Waals surface area contributed by atoms with E-state index in [4.69, 9.17) is 4.74 Å². The number of non-ortho nitro benzene ring substituents is 1. The quantitative estimate of drug-likeness (QED) is 0.309. The minimum atomic E-state index is -0.893. The van der Waals surface area contributed by atoms with Gasteiger partial charge in [-0.1, -0.05) is 66.0 Å². The number of hydrogen-bond donors (Lipinski definition) is 0. The Labute approximate surface area is 198 Å². The third-order valence-corrected chi connectivity index (χ3v) is 6.25. The zero-order valence-corrected chi connectivity index (χ0v) is 19.3. The van der Waals surface area contributed by atoms with Crippen LogP contribution in [0.4, 0.5) is 5.69 Å². The van der Waals surface area contributed by atoms with Gasteiger partial charge in [0.2, 0.25) is 0 Å². The van der Waals surface area contributed by atoms with Gasteiger partial charge in [-0.05, 0) is 31.1 Å². The molecule has 1 aromatic heterocycles. The molecule has 0 saturated carbocycles. The predicted octanol–water partition coefficient (Wildman–Crippen LogP) is 3.37. The van der Waals surface area contributed by atoms with Crippen molar-refractivity contribution in [1.29, 1.82) is 0 Å². The van der Waals surface area contributed by atoms with Crippen molar-refractivity contribution >= 4 is 35.1 Å². The fraction of sp³-hybridized carbons (Fsp3) is 0.160. The molecule has 3 aromatic rings. The first-order valence-electron chi connectivity index (χ1n) is 10.6. The van der Waals surface area contributed by atoms with Crippen LogP contribution in [-0.4, -0.2) is 22.1 Å². The van der Waals surface area contributed by atoms with Gasteiger partial charge in [-0.25, -0.2) is 9.79 Å². The number of ether oxygens (including phenoxy) is 1. The topological polar surface area (TPSA) is 104 Å². The first-order valence-corrected chi connectivity index (χ1v) is 11.4. The average Bonchev–Trinajstić information content (AvgIpc) is 3.13. The first-order chi connectivity index (χ1) is 16.4. The highest BCUT2D eigenvalue weighted by molar-refractivity contribution is 7.07. The van der Waals surface area contributed by atoms with Crippen LogP contribution in [-0.2, 0) is 9.53 Å². The fourth-order valence-electron chi connectivity index (χ4n) is 3.74. The summed E-state index contributed by atoms with van der Waals surface area (Å²) in [5.41, 5.74) is 1.53. The van der Waals surface area contributed by atoms with Gasteiger partial charge in [-0.15, -0.1) is 0 Å². The second-order valence-electron chi connectivity index (χ2n) is 7.45. The molecule has 0 amide bonds. The Balaban J connectivity index is 1.89. The van der Waals surface area contributed by atoms with Gasteiger partial charge in [0.05, 0.1) is 33.4 Å². The highest BCUT2D eigenvalue weighted by Crippen LogP contribution is 2.32. The summed E-state index contributed by atoms with van der Waals surface area (Å²) in [7, 11) is 0. The second kappa shape index (κ2) is 9.80. The van der Waals surface area contributed by atoms with Crippen LogP contribution in [0.1, 0.15) is 31.0 Å². The third-order valence-electron chi connectivity index (χ3n) is 5.25. The number of rotatable bonds is 6. The maximum Gasteiger partial charge on any atom is 0.338 e. The number of nitro groups is 1. The van der Waals surface area contributed by atoms with E-state index in [-0.39, 0.29) is 23.4 Å². The van der Waals surface area contributed by atoms with Gasteiger partial charge in [0.25, 0.3) is 11.2 Å². The van der Waals surface area contributed by atoms with Crippen molar-refractivity contribution in [1.82, 2.24) is 4.57 Å². The molecule has 1 atom stereocenters. The molecule has 4 rings (SSSR count). The summed E-state index contributed by atoms with van der Waals surface area (Å²) in [6.45, 7) is 3.50. The molecule has 0 bridgehead atoms. The van der Waals surface area contributed by atoms with Crippen LogP contribution >= 0.6 is 11.3 Å². The smallest absolute Gasteiger partial charge is 0.338 e. The number of allylic oxidation sites excluding steroid dienone is 2. The monoisotopic (exact) mass is 475 g/mol. The summed E-state index contributed by atoms with van der Waals surface area (Å²) >= 11 is 1.19. The second-order valence-corrected chi connectivity index (χ2v) is 8.46. The average molecular weight is 476 g/mol. The van der Waals surface area contributed by atoms with E-state index >= 15 is 0 Å². The molecule has 172 valence electrons. The number of benzene rings is 2. The molecule has 1 aliphatic rings. The number of nitro benzene ring substituents is 1. The number of nitrogens with zero attached hydrogens (tertiary/aromatic N) is 3. The van der Waals surface area contributed by atoms with Crippen molar-refractivity contribution < 1.29 is 14.5 Å². The molecule has 2 aromatic carbocycles. The number of carbonyl (C=O) groups excluding carboxylic acids is 1. The normalized spacial score (nSPS) is 15.8. The van der Waals surface area contributed by atoms with Crippen LogP contribution in [0.15, 0.2) is 81.7 Å². The van der Waals surface area contributed by atoms with E-state index in [1.54, 1.807) is 32.1 Å². The maximum atomic E-state index is 13.4. The standard InChI is InChI=1S/C25H21N3O5S/c1-3-33-24(30)21-16(2)26-25-27(22(21)18-12-8-13-19(15-18)28(31)32)23(29)20(34-25)14-7-11-17-9-5-4-6-10-17/h4-15,22H,3H2,1-2H3/b11-7+,20-14+/t22-/m0/s1. The van der Waals surface area contributed by atoms with Crippen molar-refractivity contribution in [2.24, 2.45) is 4.99 Å². The van der Waals surface area contributed by atoms with E-state index in [1.807, 2.05) is 36.4 Å². The van der Waals surface area contributed by atoms with Gasteiger partial charge in [-0.2, -0.15) is 0 Å². The summed E-state index contributed by atoms with van der Waals surface area (Å²) in [6, 6.07) is 14.7. The molecule has 1 aliphatic heterocycles. The number of esters is 1. The Morgan fingerprint density at radius 2 is 2.00 bits per heavy atom. The Morgan fingerprint density at radius 1 is 1.24 bits per heavy atom. The molecule has 9 heteroatoms. The number of thiazole rings is 1. The van der Waals surface area contributed by atoms with Gasteiger partial charge in [-0.3, -0.25) is 19.5 Å². The van der Waals surface area contributed by atoms with E-state index in [0.29, 0.717) is 20.6 Å². The number of fused-ring (bicyclic) bond motifs is 1. The minimum Gasteiger partial charge on any atom is -0.463 e. The molecule has 0 saturated heterocycles. The zero-order chi connectivity index (χ0) is 24.2. The Morgan fingerprint density at radius 3 is 2.71 bits per heavy atom. The van der Waals surface area contributed by atoms with E-state index in [0.717, 1.165) is 5.56 Å². The van der Waals surface area contributed by atoms with Gasteiger partial charge >= 0.3 is 5.97 Å². The van der Waals surface area contributed by atoms with Crippen molar-refractivity contribution in [2.75, 3.05) is 6.61 Å². The molecule has 0 N–H and O–H groups in total. The molecule has 0 aliphatic carbocycles. The molecule has 0 spiro atoms. The summed E-state index contributed by atoms with van der Waals surface area (Å²) in [5, 5.41) is 11.4. The summed E-state index contributed by atoms with van der Waals surface area (Å²) in [4.78, 5) is 42.1. The molecule has 8 nitrogen and oxygen atoms in total. The number of carbonyl (C=O) groups is 1. The van der Waals surface area contributed by atoms with Gasteiger partial charge in [0.1, 0.15) is 0 Å². The third kappa shape index (κ3) is 4.51. The molecule has 2 heterocycles. The summed E-state index contributed by atoms with van der Waals surface area (Å²) in [5.74, 6) is -0.612. The van der Waals surface area contributed by atoms with Crippen LogP contribution in [0.5, 0.6) is 0 Å². The van der Waals surface area contributed by atoms with Crippen LogP contribution in [0.25, 0.3) is 12.2 Å². The lowest BCUT2D eigenvalue weighted by Gasteiger charge is -2.24. The Bertz CT molecular complexity index is 1500. The molecule has 0 unspecified atom stereocenters. The minimum absolute atomic E-state index is 0.136. The SMILES string of the molecule is CCOC(=O)C1=C(C)N=c2s/c(=C/C=C/c3ccccc3)c(=O)n2[C@H]1c1cccc([N+](=O)[O-])c1. The van der Waals surface area contributed by atoms with Crippen LogP contribution in [0.3, 0.4) is 0 Å². The Hall–Kier alpha value is -4.11. The van der Waals surface area contributed by atoms with Gasteiger partial charge in [0.15, 0.2) is 4.80 Å². The largest absolute Gasteiger partial charge is 0.463 e. The van der Waals surface area contributed by atoms with E-state index in [1.165, 1.54) is 34.1 Å². The van der Waals surface area contributed by atoms with Gasteiger partial charge < -0.3 is 4.74 Å². The lowest BCUT2D eigenvalue weighted by molar-refractivity contribution is -0.384. The lowest BCUT2D eigenvalue weighted by atomic mass is 9.95. The molecular weight excluding hydrogens is 454 g/mol. The summed E-state index contributed by atoms with van der Waals surface area (Å²) in [6.07, 6.45) is 5.36. The molecule has 0 radical (unpaired) electrons. The maximum absolute atomic E-state index is 13.4. The molecule has 34 heavy (non-hydrogen) atoms. The van der Waals surface area contributed by atoms with E-state index in [2.05, 4.69) is 4.99 Å².